The van der Waals surface area contributed by atoms with Crippen LogP contribution in [-0.2, 0) is 52.8 Å². The van der Waals surface area contributed by atoms with Crippen LogP contribution in [0.1, 0.15) is 181 Å². The molecule has 23 heteroatoms. The number of hydrogen-bond donors (Lipinski definition) is 11. The van der Waals surface area contributed by atoms with Gasteiger partial charge in [0.25, 0.3) is 0 Å². The molecule has 4 fully saturated rings. The Balaban J connectivity index is 0.920. The van der Waals surface area contributed by atoms with Gasteiger partial charge in [-0.3, -0.25) is 9.35 Å². The van der Waals surface area contributed by atoms with Crippen molar-refractivity contribution in [3.8, 4) is 0 Å². The van der Waals surface area contributed by atoms with Crippen LogP contribution in [0.15, 0.2) is 60.8 Å². The molecule has 0 aromatic carbocycles. The second-order valence-corrected chi connectivity index (χ2v) is 25.6. The second-order valence-electron chi connectivity index (χ2n) is 24.6. The van der Waals surface area contributed by atoms with E-state index in [2.05, 4.69) is 54.6 Å². The van der Waals surface area contributed by atoms with Crippen molar-refractivity contribution < 1.29 is 106 Å². The summed E-state index contributed by atoms with van der Waals surface area (Å²) in [7, 11) is -4.98. The molecule has 0 spiro atoms. The summed E-state index contributed by atoms with van der Waals surface area (Å²) < 4.78 is 66.0. The highest BCUT2D eigenvalue weighted by Gasteiger charge is 2.46. The molecule has 0 radical (unpaired) electrons. The van der Waals surface area contributed by atoms with Crippen LogP contribution in [0, 0.1) is 5.92 Å². The number of ether oxygens (including phenoxy) is 5. The van der Waals surface area contributed by atoms with Gasteiger partial charge in [-0.05, 0) is 115 Å². The molecule has 5 heterocycles. The summed E-state index contributed by atoms with van der Waals surface area (Å²) in [5, 5.41) is 105. The summed E-state index contributed by atoms with van der Waals surface area (Å²) in [4.78, 5) is 24.0. The van der Waals surface area contributed by atoms with Crippen molar-refractivity contribution in [1.29, 1.82) is 0 Å². The minimum Gasteiger partial charge on any atom is -0.394 e. The lowest BCUT2D eigenvalue weighted by atomic mass is 9.90. The molecule has 0 bridgehead atoms. The van der Waals surface area contributed by atoms with Crippen molar-refractivity contribution in [2.75, 3.05) is 13.2 Å². The monoisotopic (exact) mass is 1230 g/mol. The quantitative estimate of drug-likeness (QED) is 0.0121. The molecule has 21 unspecified atom stereocenters. The van der Waals surface area contributed by atoms with Gasteiger partial charge in [-0.15, -0.1) is 6.58 Å². The Hall–Kier alpha value is -2.44. The normalized spacial score (nSPS) is 32.2. The van der Waals surface area contributed by atoms with E-state index in [9.17, 15) is 68.8 Å². The van der Waals surface area contributed by atoms with Gasteiger partial charge >= 0.3 is 10.4 Å². The minimum atomic E-state index is -4.98. The van der Waals surface area contributed by atoms with Crippen molar-refractivity contribution in [2.24, 2.45) is 5.92 Å². The minimum absolute atomic E-state index is 0.00792. The van der Waals surface area contributed by atoms with Crippen LogP contribution in [0.5, 0.6) is 0 Å². The highest BCUT2D eigenvalue weighted by Crippen LogP contribution is 2.35. The fourth-order valence-electron chi connectivity index (χ4n) is 11.9. The van der Waals surface area contributed by atoms with Crippen LogP contribution >= 0.6 is 0 Å². The summed E-state index contributed by atoms with van der Waals surface area (Å²) in [6, 6.07) is 0. The van der Waals surface area contributed by atoms with Crippen LogP contribution in [0.4, 0.5) is 0 Å². The molecule has 4 saturated heterocycles. The first-order valence-electron chi connectivity index (χ1n) is 31.3. The maximum atomic E-state index is 13.1. The number of aliphatic hydroxyl groups excluding tert-OH is 10. The molecule has 21 atom stereocenters. The van der Waals surface area contributed by atoms with E-state index in [1.54, 1.807) is 0 Å². The van der Waals surface area contributed by atoms with Crippen LogP contribution in [0.2, 0.25) is 0 Å². The number of unbranched alkanes of at least 4 members (excludes halogenated alkanes) is 5. The summed E-state index contributed by atoms with van der Waals surface area (Å²) in [5.41, 5.74) is 2.26. The molecule has 0 saturated carbocycles. The molecule has 5 rings (SSSR count). The van der Waals surface area contributed by atoms with Gasteiger partial charge in [-0.1, -0.05) is 87.6 Å². The topological polar surface area (TPSA) is 351 Å². The van der Waals surface area contributed by atoms with E-state index >= 15 is 0 Å². The van der Waals surface area contributed by atoms with E-state index in [0.29, 0.717) is 44.6 Å². The number of aliphatic hydroxyl groups is 10. The zero-order valence-electron chi connectivity index (χ0n) is 50.1. The van der Waals surface area contributed by atoms with Gasteiger partial charge in [0.15, 0.2) is 6.29 Å². The second kappa shape index (κ2) is 38.3. The molecular weight excluding hydrogens is 1130 g/mol. The van der Waals surface area contributed by atoms with Crippen LogP contribution in [-0.4, -0.2) is 205 Å². The first-order valence-corrected chi connectivity index (χ1v) is 32.6. The van der Waals surface area contributed by atoms with Gasteiger partial charge in [0.1, 0.15) is 49.0 Å². The first kappa shape index (κ1) is 73.3. The predicted octanol–water partition coefficient (Wildman–Crippen LogP) is 5.31. The lowest BCUT2D eigenvalue weighted by Gasteiger charge is -2.41. The first-order chi connectivity index (χ1) is 40.5. The fourth-order valence-corrected chi connectivity index (χ4v) is 12.4. The highest BCUT2D eigenvalue weighted by atomic mass is 32.3. The third-order valence-electron chi connectivity index (χ3n) is 16.8. The molecule has 11 N–H and O–H groups in total. The Kier molecular flexibility index (Phi) is 33.0. The number of carbonyl (C=O) groups excluding carboxylic acids is 1. The molecule has 490 valence electrons. The summed E-state index contributed by atoms with van der Waals surface area (Å²) >= 11 is 0. The maximum absolute atomic E-state index is 13.1. The molecular formula is C62H104O22S. The summed E-state index contributed by atoms with van der Waals surface area (Å²) in [5.74, 6) is 0.0709. The van der Waals surface area contributed by atoms with Gasteiger partial charge in [0.2, 0.25) is 0 Å². The third-order valence-corrected chi connectivity index (χ3v) is 17.2. The van der Waals surface area contributed by atoms with Crippen molar-refractivity contribution >= 4 is 16.2 Å². The van der Waals surface area contributed by atoms with Crippen LogP contribution < -0.4 is 0 Å². The Bertz CT molecular complexity index is 2140. The number of rotatable bonds is 43. The number of allylic oxidation sites excluding steroid dienone is 4. The number of epoxide rings is 1. The molecule has 22 nitrogen and oxygen atoms in total. The lowest BCUT2D eigenvalue weighted by molar-refractivity contribution is -0.316. The van der Waals surface area contributed by atoms with Crippen molar-refractivity contribution in [2.45, 2.75) is 303 Å². The summed E-state index contributed by atoms with van der Waals surface area (Å²) in [6.45, 7) is 11.3. The SMILES string of the molecule is C=CCC(=C)CC1CC(O)C(CC=CCC2=CC(CCC=CCCCCCCCC(C)CCC3OC3CCCC(CC(O)CC(=O)CC(O)CCC(O)C3CC(O)C(OS(=O)(=O)O)C(CC(C)O)O3)OC3OC(CO)C(O)C(O)C3O)OOC2)O1. The fraction of sp³-hybridized carbons (Fsp3) is 0.823. The van der Waals surface area contributed by atoms with Gasteiger partial charge in [0, 0.05) is 38.5 Å². The Morgan fingerprint density at radius 1 is 0.741 bits per heavy atom. The third kappa shape index (κ3) is 27.7. The van der Waals surface area contributed by atoms with E-state index < -0.39 is 115 Å². The molecule has 0 aromatic heterocycles. The Labute approximate surface area is 503 Å². The van der Waals surface area contributed by atoms with E-state index in [0.717, 1.165) is 69.8 Å². The van der Waals surface area contributed by atoms with Gasteiger partial charge in [-0.25, -0.2) is 14.0 Å². The molecule has 0 amide bonds. The van der Waals surface area contributed by atoms with E-state index in [-0.39, 0.29) is 75.5 Å². The van der Waals surface area contributed by atoms with Crippen molar-refractivity contribution in [1.82, 2.24) is 0 Å². The predicted molar refractivity (Wildman–Crippen MR) is 313 cm³/mol. The maximum Gasteiger partial charge on any atom is 0.397 e. The standard InChI is InChI=1S/C62H104O22S/c1-5-18-40(3)29-48-35-50(69)52(78-48)23-16-15-20-42-31-47(83-77-38-42)21-14-12-10-8-6-7-9-11-13-19-39(2)25-28-54-53(80-54)24-17-22-46(79-62-60(73)59(72)58(71)57(37-63)82-62)34-45(67)33-44(66)32-43(65)26-27-49(68)55-36-51(70)61(84-85(74,75)76)56(81-55)30-41(4)64/h5,10,12,15-16,31,39,41,43,45-65,67-73H,1,3,6-9,11,13-14,17-30,32-38H2,2,4H3,(H,74,75,76). The van der Waals surface area contributed by atoms with E-state index in [1.165, 1.54) is 38.2 Å². The average Bonchev–Trinajstić information content (AvgIpc) is 4.07. The molecule has 0 aliphatic carbocycles. The van der Waals surface area contributed by atoms with Crippen LogP contribution in [0.3, 0.4) is 0 Å². The lowest BCUT2D eigenvalue weighted by Crippen LogP contribution is -2.59. The Morgan fingerprint density at radius 3 is 2.21 bits per heavy atom. The molecule has 5 aliphatic rings. The Morgan fingerprint density at radius 2 is 1.47 bits per heavy atom. The molecule has 5 aliphatic heterocycles. The smallest absolute Gasteiger partial charge is 0.394 e. The number of hydrogen-bond acceptors (Lipinski definition) is 21. The molecule has 0 aromatic rings. The van der Waals surface area contributed by atoms with Gasteiger partial charge in [0.05, 0.1) is 86.0 Å². The molecule has 85 heavy (non-hydrogen) atoms. The van der Waals surface area contributed by atoms with E-state index in [1.807, 2.05) is 6.08 Å². The number of ketones is 1. The van der Waals surface area contributed by atoms with E-state index in [4.69, 9.17) is 33.5 Å². The average molecular weight is 1230 g/mol. The summed E-state index contributed by atoms with van der Waals surface area (Å²) in [6.07, 6.45) is 9.34. The van der Waals surface area contributed by atoms with Crippen molar-refractivity contribution in [3.63, 3.8) is 0 Å². The zero-order valence-corrected chi connectivity index (χ0v) is 50.9. The van der Waals surface area contributed by atoms with Crippen molar-refractivity contribution in [3.05, 3.63) is 60.8 Å². The highest BCUT2D eigenvalue weighted by molar-refractivity contribution is 7.80. The van der Waals surface area contributed by atoms with Gasteiger partial charge < -0.3 is 74.7 Å². The number of Topliss-reactive ketones (excluding diaryl/α,β-unsaturated/α-hetero) is 1. The van der Waals surface area contributed by atoms with Gasteiger partial charge in [-0.2, -0.15) is 8.42 Å². The number of carbonyl (C=O) groups is 1. The largest absolute Gasteiger partial charge is 0.397 e. The van der Waals surface area contributed by atoms with Crippen LogP contribution in [0.25, 0.3) is 0 Å². The zero-order chi connectivity index (χ0) is 62.1.